The molecule has 0 aliphatic carbocycles. The van der Waals surface area contributed by atoms with Gasteiger partial charge >= 0.3 is 0 Å². The molecule has 0 fully saturated rings. The summed E-state index contributed by atoms with van der Waals surface area (Å²) in [5, 5.41) is 3.03. The van der Waals surface area contributed by atoms with Crippen LogP contribution in [0.4, 0.5) is 5.69 Å². The van der Waals surface area contributed by atoms with Gasteiger partial charge in [-0.25, -0.2) is 8.42 Å². The molecule has 1 aliphatic heterocycles. The number of para-hydroxylation sites is 1. The molecule has 0 bridgehead atoms. The number of amides is 1. The van der Waals surface area contributed by atoms with Crippen molar-refractivity contribution in [3.8, 4) is 17.2 Å². The van der Waals surface area contributed by atoms with Gasteiger partial charge in [-0.2, -0.15) is 0 Å². The average molecular weight is 525 g/mol. The second-order valence-electron chi connectivity index (χ2n) is 9.34. The van der Waals surface area contributed by atoms with Crippen LogP contribution in [0.3, 0.4) is 0 Å². The van der Waals surface area contributed by atoms with Gasteiger partial charge in [-0.3, -0.25) is 9.10 Å². The summed E-state index contributed by atoms with van der Waals surface area (Å²) in [5.41, 5.74) is 0.654. The molecule has 1 heterocycles. The van der Waals surface area contributed by atoms with Gasteiger partial charge in [0.25, 0.3) is 10.0 Å². The van der Waals surface area contributed by atoms with Crippen molar-refractivity contribution in [3.05, 3.63) is 78.4 Å². The molecular formula is C28H32N2O6S. The van der Waals surface area contributed by atoms with Crippen LogP contribution in [-0.2, 0) is 14.8 Å². The summed E-state index contributed by atoms with van der Waals surface area (Å²) in [6.07, 6.45) is 0.510. The average Bonchev–Trinajstić information content (AvgIpc) is 2.87. The smallest absolute Gasteiger partial charge is 0.264 e. The predicted molar refractivity (Wildman–Crippen MR) is 142 cm³/mol. The zero-order valence-corrected chi connectivity index (χ0v) is 22.2. The van der Waals surface area contributed by atoms with Crippen LogP contribution in [0.5, 0.6) is 17.2 Å². The lowest BCUT2D eigenvalue weighted by Crippen LogP contribution is -2.45. The van der Waals surface area contributed by atoms with Gasteiger partial charge in [0.1, 0.15) is 29.4 Å². The van der Waals surface area contributed by atoms with Gasteiger partial charge in [-0.15, -0.1) is 0 Å². The van der Waals surface area contributed by atoms with Crippen molar-refractivity contribution >= 4 is 21.6 Å². The second-order valence-corrected chi connectivity index (χ2v) is 11.2. The minimum atomic E-state index is -4.04. The number of nitrogens with zero attached hydrogens (tertiary/aromatic N) is 1. The summed E-state index contributed by atoms with van der Waals surface area (Å²) in [5.74, 6) is 1.44. The lowest BCUT2D eigenvalue weighted by atomic mass is 9.89. The number of carbonyl (C=O) groups excluding carboxylic acids is 1. The first-order chi connectivity index (χ1) is 17.6. The monoisotopic (exact) mass is 524 g/mol. The molecule has 37 heavy (non-hydrogen) atoms. The van der Waals surface area contributed by atoms with Gasteiger partial charge in [0.2, 0.25) is 5.91 Å². The maximum atomic E-state index is 13.7. The Bertz CT molecular complexity index is 1340. The molecule has 0 saturated heterocycles. The van der Waals surface area contributed by atoms with E-state index in [9.17, 15) is 13.2 Å². The van der Waals surface area contributed by atoms with Gasteiger partial charge < -0.3 is 19.5 Å². The molecule has 3 aromatic rings. The minimum Gasteiger partial charge on any atom is -0.497 e. The largest absolute Gasteiger partial charge is 0.497 e. The zero-order valence-electron chi connectivity index (χ0n) is 21.4. The van der Waals surface area contributed by atoms with E-state index in [-0.39, 0.29) is 10.9 Å². The Morgan fingerprint density at radius 3 is 2.38 bits per heavy atom. The summed E-state index contributed by atoms with van der Waals surface area (Å²) >= 11 is 0. The van der Waals surface area contributed by atoms with Crippen LogP contribution in [0, 0.1) is 0 Å². The number of fused-ring (bicyclic) bond motifs is 1. The summed E-state index contributed by atoms with van der Waals surface area (Å²) in [6.45, 7) is 5.84. The van der Waals surface area contributed by atoms with Crippen LogP contribution in [0.1, 0.15) is 38.8 Å². The van der Waals surface area contributed by atoms with Crippen LogP contribution in [0.25, 0.3) is 0 Å². The predicted octanol–water partition coefficient (Wildman–Crippen LogP) is 4.71. The fourth-order valence-corrected chi connectivity index (χ4v) is 5.79. The lowest BCUT2D eigenvalue weighted by molar-refractivity contribution is -0.120. The van der Waals surface area contributed by atoms with E-state index in [0.717, 1.165) is 9.87 Å². The first kappa shape index (κ1) is 26.3. The van der Waals surface area contributed by atoms with E-state index < -0.39 is 28.1 Å². The summed E-state index contributed by atoms with van der Waals surface area (Å²) in [7, 11) is -2.47. The third-order valence-corrected chi connectivity index (χ3v) is 7.85. The molecule has 0 aromatic heterocycles. The number of sulfonamides is 1. The van der Waals surface area contributed by atoms with Crippen molar-refractivity contribution < 1.29 is 27.4 Å². The van der Waals surface area contributed by atoms with Crippen LogP contribution in [0.2, 0.25) is 0 Å². The van der Waals surface area contributed by atoms with Crippen molar-refractivity contribution in [1.82, 2.24) is 5.32 Å². The van der Waals surface area contributed by atoms with E-state index in [2.05, 4.69) is 5.32 Å². The zero-order chi connectivity index (χ0) is 26.6. The number of hydrogen-bond donors (Lipinski definition) is 1. The molecule has 1 aliphatic rings. The molecule has 3 aromatic carbocycles. The van der Waals surface area contributed by atoms with Gasteiger partial charge in [0.05, 0.1) is 30.3 Å². The molecule has 0 spiro atoms. The SMILES string of the molecule is CCOc1ccc(S(=O)(=O)N(CC(=O)NC2CC(C)(C)Oc3ccc(OC)cc32)c2ccccc2)cc1. The Kier molecular flexibility index (Phi) is 7.63. The Hall–Kier alpha value is -3.72. The normalized spacial score (nSPS) is 16.2. The van der Waals surface area contributed by atoms with Gasteiger partial charge in [0, 0.05) is 12.0 Å². The molecular weight excluding hydrogens is 492 g/mol. The second kappa shape index (κ2) is 10.7. The number of ether oxygens (including phenoxy) is 3. The fourth-order valence-electron chi connectivity index (χ4n) is 4.37. The van der Waals surface area contributed by atoms with E-state index in [1.54, 1.807) is 55.6 Å². The van der Waals surface area contributed by atoms with Crippen LogP contribution in [-0.4, -0.2) is 40.2 Å². The first-order valence-electron chi connectivity index (χ1n) is 12.1. The van der Waals surface area contributed by atoms with Gasteiger partial charge in [-0.1, -0.05) is 18.2 Å². The van der Waals surface area contributed by atoms with Gasteiger partial charge in [0.15, 0.2) is 0 Å². The summed E-state index contributed by atoms with van der Waals surface area (Å²) in [4.78, 5) is 13.4. The highest BCUT2D eigenvalue weighted by Crippen LogP contribution is 2.41. The lowest BCUT2D eigenvalue weighted by Gasteiger charge is -2.38. The topological polar surface area (TPSA) is 94.2 Å². The number of benzene rings is 3. The Morgan fingerprint density at radius 1 is 1.05 bits per heavy atom. The maximum absolute atomic E-state index is 13.7. The molecule has 1 unspecified atom stereocenters. The molecule has 4 rings (SSSR count). The quantitative estimate of drug-likeness (QED) is 0.436. The molecule has 0 radical (unpaired) electrons. The molecule has 9 heteroatoms. The van der Waals surface area contributed by atoms with Crippen molar-refractivity contribution in [3.63, 3.8) is 0 Å². The highest BCUT2D eigenvalue weighted by molar-refractivity contribution is 7.92. The minimum absolute atomic E-state index is 0.0647. The molecule has 1 amide bonds. The summed E-state index contributed by atoms with van der Waals surface area (Å²) in [6, 6.07) is 19.8. The van der Waals surface area contributed by atoms with E-state index in [4.69, 9.17) is 14.2 Å². The van der Waals surface area contributed by atoms with Crippen molar-refractivity contribution in [2.75, 3.05) is 24.6 Å². The van der Waals surface area contributed by atoms with Crippen molar-refractivity contribution in [1.29, 1.82) is 0 Å². The third-order valence-electron chi connectivity index (χ3n) is 6.06. The summed E-state index contributed by atoms with van der Waals surface area (Å²) < 4.78 is 45.4. The van der Waals surface area contributed by atoms with Crippen molar-refractivity contribution in [2.24, 2.45) is 0 Å². The van der Waals surface area contributed by atoms with E-state index in [0.29, 0.717) is 36.0 Å². The molecule has 0 saturated carbocycles. The number of rotatable bonds is 9. The highest BCUT2D eigenvalue weighted by atomic mass is 32.2. The molecule has 8 nitrogen and oxygen atoms in total. The fraction of sp³-hybridized carbons (Fsp3) is 0.321. The number of hydrogen-bond acceptors (Lipinski definition) is 6. The van der Waals surface area contributed by atoms with Gasteiger partial charge in [-0.05, 0) is 75.4 Å². The Labute approximate surface area is 218 Å². The van der Waals surface area contributed by atoms with Crippen molar-refractivity contribution in [2.45, 2.75) is 43.7 Å². The molecule has 196 valence electrons. The van der Waals surface area contributed by atoms with E-state index in [1.807, 2.05) is 32.9 Å². The molecule has 1 atom stereocenters. The van der Waals surface area contributed by atoms with E-state index >= 15 is 0 Å². The third kappa shape index (κ3) is 5.99. The maximum Gasteiger partial charge on any atom is 0.264 e. The number of anilines is 1. The first-order valence-corrected chi connectivity index (χ1v) is 13.5. The number of methoxy groups -OCH3 is 1. The standard InChI is InChI=1S/C28H32N2O6S/c1-5-35-21-11-14-23(15-12-21)37(32,33)30(20-9-7-6-8-10-20)19-27(31)29-25-18-28(2,3)36-26-16-13-22(34-4)17-24(25)26/h6-17,25H,5,18-19H2,1-4H3,(H,29,31). The number of carbonyl (C=O) groups is 1. The van der Waals surface area contributed by atoms with Crippen LogP contribution < -0.4 is 23.8 Å². The van der Waals surface area contributed by atoms with E-state index in [1.165, 1.54) is 12.1 Å². The Morgan fingerprint density at radius 2 is 1.73 bits per heavy atom. The highest BCUT2D eigenvalue weighted by Gasteiger charge is 2.36. The van der Waals surface area contributed by atoms with Crippen LogP contribution in [0.15, 0.2) is 77.7 Å². The number of nitrogens with one attached hydrogen (secondary N) is 1. The van der Waals surface area contributed by atoms with Crippen LogP contribution >= 0.6 is 0 Å². The molecule has 1 N–H and O–H groups in total. The Balaban J connectivity index is 1.62.